The van der Waals surface area contributed by atoms with Gasteiger partial charge in [-0.3, -0.25) is 0 Å². The van der Waals surface area contributed by atoms with Crippen molar-refractivity contribution in [1.82, 2.24) is 0 Å². The molecule has 1 aromatic heterocycles. The van der Waals surface area contributed by atoms with Crippen LogP contribution in [-0.4, -0.2) is 25.8 Å². The summed E-state index contributed by atoms with van der Waals surface area (Å²) in [5.41, 5.74) is -0.0294. The molecule has 0 bridgehead atoms. The van der Waals surface area contributed by atoms with E-state index in [1.807, 2.05) is 17.5 Å². The zero-order chi connectivity index (χ0) is 15.0. The summed E-state index contributed by atoms with van der Waals surface area (Å²) in [4.78, 5) is 1.16. The summed E-state index contributed by atoms with van der Waals surface area (Å²) in [6.45, 7) is 8.64. The number of thiophene rings is 1. The number of nitrogens with zero attached hydrogens (tertiary/aromatic N) is 1. The highest BCUT2D eigenvalue weighted by Crippen LogP contribution is 2.34. The summed E-state index contributed by atoms with van der Waals surface area (Å²) >= 11 is 1.66. The average Bonchev–Trinajstić information content (AvgIpc) is 2.93. The van der Waals surface area contributed by atoms with Gasteiger partial charge < -0.3 is 8.85 Å². The fourth-order valence-corrected chi connectivity index (χ4v) is 4.90. The lowest BCUT2D eigenvalue weighted by Crippen LogP contribution is -2.36. The minimum absolute atomic E-state index is 0.00679. The first-order chi connectivity index (χ1) is 9.55. The highest BCUT2D eigenvalue weighted by Gasteiger charge is 2.31. The minimum Gasteiger partial charge on any atom is -0.400 e. The van der Waals surface area contributed by atoms with Crippen molar-refractivity contribution in [3.8, 4) is 6.07 Å². The van der Waals surface area contributed by atoms with E-state index >= 15 is 0 Å². The standard InChI is InChI=1S/C14H25NO2SSi2/c1-14(2,13(16-19-3)17-20-4)8-7-11(10-15)12-6-5-9-18-12/h5-6,9,11,13H,7-8,19-20H2,1-4H3. The highest BCUT2D eigenvalue weighted by molar-refractivity contribution is 7.10. The Hall–Kier alpha value is -0.456. The highest BCUT2D eigenvalue weighted by atomic mass is 32.1. The Morgan fingerprint density at radius 1 is 1.35 bits per heavy atom. The molecule has 0 spiro atoms. The van der Waals surface area contributed by atoms with Gasteiger partial charge in [0, 0.05) is 10.3 Å². The second kappa shape index (κ2) is 8.75. The smallest absolute Gasteiger partial charge is 0.161 e. The normalized spacial score (nSPS) is 15.9. The lowest BCUT2D eigenvalue weighted by molar-refractivity contribution is -0.0828. The molecule has 1 aromatic rings. The molecule has 0 aromatic carbocycles. The maximum absolute atomic E-state index is 9.35. The van der Waals surface area contributed by atoms with E-state index < -0.39 is 19.5 Å². The van der Waals surface area contributed by atoms with Crippen molar-refractivity contribution >= 4 is 30.9 Å². The summed E-state index contributed by atoms with van der Waals surface area (Å²) in [6.07, 6.45) is 1.72. The van der Waals surface area contributed by atoms with Crippen LogP contribution in [0.1, 0.15) is 37.5 Å². The van der Waals surface area contributed by atoms with Crippen LogP contribution in [0, 0.1) is 16.7 Å². The molecule has 1 heterocycles. The molecule has 112 valence electrons. The molecule has 1 atom stereocenters. The van der Waals surface area contributed by atoms with E-state index in [0.29, 0.717) is 0 Å². The third kappa shape index (κ3) is 5.15. The molecule has 0 saturated carbocycles. The molecule has 0 fully saturated rings. The van der Waals surface area contributed by atoms with Crippen LogP contribution in [0.25, 0.3) is 0 Å². The second-order valence-corrected chi connectivity index (χ2v) is 8.27. The maximum atomic E-state index is 9.35. The Balaban J connectivity index is 2.62. The maximum Gasteiger partial charge on any atom is 0.161 e. The third-order valence-electron chi connectivity index (χ3n) is 3.39. The fourth-order valence-electron chi connectivity index (χ4n) is 2.20. The zero-order valence-corrected chi connectivity index (χ0v) is 16.5. The Morgan fingerprint density at radius 2 is 2.00 bits per heavy atom. The molecule has 20 heavy (non-hydrogen) atoms. The first-order valence-electron chi connectivity index (χ1n) is 7.21. The van der Waals surface area contributed by atoms with Gasteiger partial charge in [-0.25, -0.2) is 0 Å². The van der Waals surface area contributed by atoms with Crippen molar-refractivity contribution < 1.29 is 8.85 Å². The van der Waals surface area contributed by atoms with Crippen molar-refractivity contribution in [2.45, 2.75) is 52.0 Å². The molecule has 0 saturated heterocycles. The molecule has 0 radical (unpaired) electrons. The van der Waals surface area contributed by atoms with Gasteiger partial charge in [-0.05, 0) is 24.3 Å². The van der Waals surface area contributed by atoms with Gasteiger partial charge in [-0.2, -0.15) is 5.26 Å². The third-order valence-corrected chi connectivity index (χ3v) is 5.65. The fraction of sp³-hybridized carbons (Fsp3) is 0.643. The monoisotopic (exact) mass is 327 g/mol. The topological polar surface area (TPSA) is 42.2 Å². The van der Waals surface area contributed by atoms with Gasteiger partial charge in [0.25, 0.3) is 0 Å². The van der Waals surface area contributed by atoms with Crippen LogP contribution in [0.15, 0.2) is 17.5 Å². The molecule has 0 amide bonds. The van der Waals surface area contributed by atoms with E-state index in [2.05, 4.69) is 33.0 Å². The molecule has 0 aliphatic carbocycles. The molecule has 0 N–H and O–H groups in total. The van der Waals surface area contributed by atoms with Gasteiger partial charge >= 0.3 is 0 Å². The molecule has 1 rings (SSSR count). The Kier molecular flexibility index (Phi) is 7.70. The van der Waals surface area contributed by atoms with Gasteiger partial charge in [-0.1, -0.05) is 33.0 Å². The quantitative estimate of drug-likeness (QED) is 0.517. The van der Waals surface area contributed by atoms with Crippen LogP contribution in [0.3, 0.4) is 0 Å². The Bertz CT molecular complexity index is 411. The van der Waals surface area contributed by atoms with Crippen LogP contribution in [0.4, 0.5) is 0 Å². The number of hydrogen-bond donors (Lipinski definition) is 0. The number of nitriles is 1. The van der Waals surface area contributed by atoms with Crippen LogP contribution in [0.5, 0.6) is 0 Å². The summed E-state index contributed by atoms with van der Waals surface area (Å²) in [5, 5.41) is 11.4. The van der Waals surface area contributed by atoms with E-state index in [0.717, 1.165) is 17.7 Å². The molecular formula is C14H25NO2SSi2. The Morgan fingerprint density at radius 3 is 2.45 bits per heavy atom. The lowest BCUT2D eigenvalue weighted by atomic mass is 9.84. The summed E-state index contributed by atoms with van der Waals surface area (Å²) < 4.78 is 11.7. The molecule has 3 nitrogen and oxygen atoms in total. The average molecular weight is 328 g/mol. The van der Waals surface area contributed by atoms with Crippen LogP contribution in [0.2, 0.25) is 13.1 Å². The van der Waals surface area contributed by atoms with Gasteiger partial charge in [0.15, 0.2) is 19.5 Å². The number of rotatable bonds is 9. The van der Waals surface area contributed by atoms with Gasteiger partial charge in [0.2, 0.25) is 0 Å². The second-order valence-electron chi connectivity index (χ2n) is 5.47. The summed E-state index contributed by atoms with van der Waals surface area (Å²) in [5.74, 6) is -0.00679. The van der Waals surface area contributed by atoms with Crippen molar-refractivity contribution in [1.29, 1.82) is 5.26 Å². The zero-order valence-electron chi connectivity index (χ0n) is 12.9. The van der Waals surface area contributed by atoms with Crippen molar-refractivity contribution in [2.24, 2.45) is 5.41 Å². The molecule has 0 aliphatic rings. The molecular weight excluding hydrogens is 302 g/mol. The van der Waals surface area contributed by atoms with Crippen molar-refractivity contribution in [3.05, 3.63) is 22.4 Å². The van der Waals surface area contributed by atoms with Crippen LogP contribution >= 0.6 is 11.3 Å². The van der Waals surface area contributed by atoms with Gasteiger partial charge in [0.05, 0.1) is 12.0 Å². The van der Waals surface area contributed by atoms with Crippen molar-refractivity contribution in [2.75, 3.05) is 0 Å². The van der Waals surface area contributed by atoms with Crippen molar-refractivity contribution in [3.63, 3.8) is 0 Å². The summed E-state index contributed by atoms with van der Waals surface area (Å²) in [6, 6.07) is 6.49. The van der Waals surface area contributed by atoms with Gasteiger partial charge in [-0.15, -0.1) is 11.3 Å². The number of hydrogen-bond acceptors (Lipinski definition) is 4. The van der Waals surface area contributed by atoms with E-state index in [4.69, 9.17) is 8.85 Å². The first-order valence-corrected chi connectivity index (χ1v) is 12.1. The van der Waals surface area contributed by atoms with Crippen LogP contribution < -0.4 is 0 Å². The predicted octanol–water partition coefficient (Wildman–Crippen LogP) is 2.78. The SMILES string of the molecule is C[SiH2]OC(O[SiH2]C)C(C)(C)CCC(C#N)c1cccs1. The van der Waals surface area contributed by atoms with Crippen LogP contribution in [-0.2, 0) is 8.85 Å². The van der Waals surface area contributed by atoms with E-state index in [9.17, 15) is 5.26 Å². The van der Waals surface area contributed by atoms with E-state index in [1.165, 1.54) is 0 Å². The predicted molar refractivity (Wildman–Crippen MR) is 90.5 cm³/mol. The van der Waals surface area contributed by atoms with E-state index in [1.54, 1.807) is 11.3 Å². The lowest BCUT2D eigenvalue weighted by Gasteiger charge is -2.35. The molecule has 1 unspecified atom stereocenters. The van der Waals surface area contributed by atoms with E-state index in [-0.39, 0.29) is 17.6 Å². The van der Waals surface area contributed by atoms with Gasteiger partial charge in [0.1, 0.15) is 6.29 Å². The largest absolute Gasteiger partial charge is 0.400 e. The minimum atomic E-state index is -0.483. The Labute approximate surface area is 131 Å². The molecule has 0 aliphatic heterocycles. The molecule has 6 heteroatoms. The summed E-state index contributed by atoms with van der Waals surface area (Å²) in [7, 11) is -0.966. The first kappa shape index (κ1) is 17.6.